The van der Waals surface area contributed by atoms with E-state index in [-0.39, 0.29) is 12.0 Å². The summed E-state index contributed by atoms with van der Waals surface area (Å²) in [6, 6.07) is 0. The number of allylic oxidation sites excluding steroid dienone is 1. The average molecular weight is 169 g/mol. The van der Waals surface area contributed by atoms with Gasteiger partial charge in [0, 0.05) is 11.6 Å². The zero-order valence-corrected chi connectivity index (χ0v) is 7.39. The standard InChI is InChI=1S/C8H15N3O/c1-8(2,5-12)6-3-7(9)11-10-4-6/h3-4,10-12H,5,9H2,1-2H3. The van der Waals surface area contributed by atoms with Gasteiger partial charge in [-0.15, -0.1) is 0 Å². The van der Waals surface area contributed by atoms with Gasteiger partial charge in [0.15, 0.2) is 0 Å². The van der Waals surface area contributed by atoms with Crippen LogP contribution in [0.15, 0.2) is 23.7 Å². The molecule has 1 aliphatic heterocycles. The second kappa shape index (κ2) is 3.06. The zero-order chi connectivity index (χ0) is 9.19. The Bertz CT molecular complexity index is 230. The molecule has 0 bridgehead atoms. The van der Waals surface area contributed by atoms with E-state index in [0.717, 1.165) is 5.57 Å². The van der Waals surface area contributed by atoms with E-state index >= 15 is 0 Å². The first-order chi connectivity index (χ1) is 5.56. The van der Waals surface area contributed by atoms with Gasteiger partial charge in [-0.05, 0) is 11.6 Å². The van der Waals surface area contributed by atoms with Crippen LogP contribution in [0.25, 0.3) is 0 Å². The molecule has 1 aliphatic rings. The van der Waals surface area contributed by atoms with Crippen LogP contribution in [-0.4, -0.2) is 11.7 Å². The van der Waals surface area contributed by atoms with Crippen LogP contribution in [0.4, 0.5) is 0 Å². The number of rotatable bonds is 2. The molecule has 4 nitrogen and oxygen atoms in total. The molecule has 0 saturated heterocycles. The maximum absolute atomic E-state index is 9.07. The quantitative estimate of drug-likeness (QED) is 0.462. The van der Waals surface area contributed by atoms with E-state index < -0.39 is 0 Å². The van der Waals surface area contributed by atoms with Gasteiger partial charge < -0.3 is 16.3 Å². The summed E-state index contributed by atoms with van der Waals surface area (Å²) in [7, 11) is 0. The van der Waals surface area contributed by atoms with Crippen molar-refractivity contribution in [2.75, 3.05) is 6.61 Å². The summed E-state index contributed by atoms with van der Waals surface area (Å²) in [6.45, 7) is 4.01. The third kappa shape index (κ3) is 1.71. The van der Waals surface area contributed by atoms with Crippen LogP contribution in [0.2, 0.25) is 0 Å². The van der Waals surface area contributed by atoms with Crippen LogP contribution >= 0.6 is 0 Å². The van der Waals surface area contributed by atoms with Crippen molar-refractivity contribution in [3.8, 4) is 0 Å². The van der Waals surface area contributed by atoms with Crippen LogP contribution in [0.3, 0.4) is 0 Å². The molecule has 12 heavy (non-hydrogen) atoms. The van der Waals surface area contributed by atoms with Gasteiger partial charge in [0.25, 0.3) is 0 Å². The maximum atomic E-state index is 9.07. The molecule has 0 radical (unpaired) electrons. The molecule has 0 saturated carbocycles. The first-order valence-corrected chi connectivity index (χ1v) is 3.86. The first kappa shape index (κ1) is 8.93. The highest BCUT2D eigenvalue weighted by molar-refractivity contribution is 5.29. The summed E-state index contributed by atoms with van der Waals surface area (Å²) < 4.78 is 0. The predicted octanol–water partition coefficient (Wildman–Crippen LogP) is -0.203. The van der Waals surface area contributed by atoms with Crippen molar-refractivity contribution in [1.29, 1.82) is 0 Å². The fourth-order valence-corrected chi connectivity index (χ4v) is 0.924. The fourth-order valence-electron chi connectivity index (χ4n) is 0.924. The average Bonchev–Trinajstić information content (AvgIpc) is 2.05. The smallest absolute Gasteiger partial charge is 0.115 e. The summed E-state index contributed by atoms with van der Waals surface area (Å²) in [5, 5.41) is 9.07. The molecule has 0 atom stereocenters. The van der Waals surface area contributed by atoms with Gasteiger partial charge in [-0.3, -0.25) is 5.43 Å². The van der Waals surface area contributed by atoms with Gasteiger partial charge in [-0.2, -0.15) is 0 Å². The van der Waals surface area contributed by atoms with E-state index in [0.29, 0.717) is 5.82 Å². The lowest BCUT2D eigenvalue weighted by atomic mass is 9.85. The SMILES string of the molecule is CC(C)(CO)C1=CNNC(N)=C1. The Morgan fingerprint density at radius 2 is 2.25 bits per heavy atom. The number of hydrogen-bond acceptors (Lipinski definition) is 4. The van der Waals surface area contributed by atoms with Crippen molar-refractivity contribution < 1.29 is 5.11 Å². The first-order valence-electron chi connectivity index (χ1n) is 3.86. The van der Waals surface area contributed by atoms with Crippen LogP contribution in [0.5, 0.6) is 0 Å². The van der Waals surface area contributed by atoms with Gasteiger partial charge in [0.1, 0.15) is 5.82 Å². The van der Waals surface area contributed by atoms with Crippen molar-refractivity contribution in [1.82, 2.24) is 10.9 Å². The Morgan fingerprint density at radius 1 is 1.58 bits per heavy atom. The molecule has 1 heterocycles. The second-order valence-electron chi connectivity index (χ2n) is 3.51. The molecule has 0 fully saturated rings. The number of aliphatic hydroxyl groups excluding tert-OH is 1. The van der Waals surface area contributed by atoms with Gasteiger partial charge in [0.05, 0.1) is 6.61 Å². The Labute approximate surface area is 72.1 Å². The molecular weight excluding hydrogens is 154 g/mol. The molecular formula is C8H15N3O. The number of nitrogens with two attached hydrogens (primary N) is 1. The molecule has 0 aromatic carbocycles. The van der Waals surface area contributed by atoms with E-state index in [2.05, 4.69) is 10.9 Å². The third-order valence-electron chi connectivity index (χ3n) is 1.93. The maximum Gasteiger partial charge on any atom is 0.115 e. The summed E-state index contributed by atoms with van der Waals surface area (Å²) >= 11 is 0. The van der Waals surface area contributed by atoms with Crippen LogP contribution in [0, 0.1) is 5.41 Å². The fraction of sp³-hybridized carbons (Fsp3) is 0.500. The van der Waals surface area contributed by atoms with E-state index in [4.69, 9.17) is 10.8 Å². The molecule has 68 valence electrons. The van der Waals surface area contributed by atoms with Crippen molar-refractivity contribution in [2.24, 2.45) is 11.1 Å². The molecule has 4 heteroatoms. The molecule has 0 aliphatic carbocycles. The zero-order valence-electron chi connectivity index (χ0n) is 7.39. The van der Waals surface area contributed by atoms with E-state index in [1.165, 1.54) is 0 Å². The number of hydrogen-bond donors (Lipinski definition) is 4. The Hall–Kier alpha value is -1.16. The summed E-state index contributed by atoms with van der Waals surface area (Å²) in [6.07, 6.45) is 3.61. The van der Waals surface area contributed by atoms with E-state index in [1.54, 1.807) is 6.20 Å². The molecule has 0 unspecified atom stereocenters. The third-order valence-corrected chi connectivity index (χ3v) is 1.93. The molecule has 5 N–H and O–H groups in total. The second-order valence-corrected chi connectivity index (χ2v) is 3.51. The Balaban J connectivity index is 2.82. The molecule has 0 amide bonds. The highest BCUT2D eigenvalue weighted by atomic mass is 16.3. The minimum Gasteiger partial charge on any atom is -0.395 e. The summed E-state index contributed by atoms with van der Waals surface area (Å²) in [5.74, 6) is 0.564. The minimum absolute atomic E-state index is 0.101. The summed E-state index contributed by atoms with van der Waals surface area (Å²) in [5.41, 5.74) is 11.8. The molecule has 1 rings (SSSR count). The molecule has 0 aromatic heterocycles. The van der Waals surface area contributed by atoms with Crippen molar-refractivity contribution in [2.45, 2.75) is 13.8 Å². The minimum atomic E-state index is -0.250. The van der Waals surface area contributed by atoms with E-state index in [1.807, 2.05) is 19.9 Å². The van der Waals surface area contributed by atoms with Crippen LogP contribution in [-0.2, 0) is 0 Å². The Morgan fingerprint density at radius 3 is 2.75 bits per heavy atom. The van der Waals surface area contributed by atoms with Gasteiger partial charge >= 0.3 is 0 Å². The lowest BCUT2D eigenvalue weighted by molar-refractivity contribution is 0.191. The highest BCUT2D eigenvalue weighted by Gasteiger charge is 2.22. The predicted molar refractivity (Wildman–Crippen MR) is 47.5 cm³/mol. The van der Waals surface area contributed by atoms with Crippen molar-refractivity contribution in [3.05, 3.63) is 23.7 Å². The lowest BCUT2D eigenvalue weighted by Gasteiger charge is -2.26. The topological polar surface area (TPSA) is 70.3 Å². The number of nitrogens with one attached hydrogen (secondary N) is 2. The molecule has 0 spiro atoms. The van der Waals surface area contributed by atoms with Crippen LogP contribution in [0.1, 0.15) is 13.8 Å². The molecule has 0 aromatic rings. The number of aliphatic hydroxyl groups is 1. The van der Waals surface area contributed by atoms with Crippen molar-refractivity contribution in [3.63, 3.8) is 0 Å². The van der Waals surface area contributed by atoms with Crippen molar-refractivity contribution >= 4 is 0 Å². The van der Waals surface area contributed by atoms with Gasteiger partial charge in [-0.1, -0.05) is 13.8 Å². The van der Waals surface area contributed by atoms with Gasteiger partial charge in [-0.25, -0.2) is 0 Å². The normalized spacial score (nSPS) is 17.2. The largest absolute Gasteiger partial charge is 0.395 e. The Kier molecular flexibility index (Phi) is 2.28. The summed E-state index contributed by atoms with van der Waals surface area (Å²) in [4.78, 5) is 0. The van der Waals surface area contributed by atoms with Gasteiger partial charge in [0.2, 0.25) is 0 Å². The van der Waals surface area contributed by atoms with E-state index in [9.17, 15) is 0 Å². The lowest BCUT2D eigenvalue weighted by Crippen LogP contribution is -2.36. The number of hydrazine groups is 1. The van der Waals surface area contributed by atoms with Crippen LogP contribution < -0.4 is 16.6 Å². The highest BCUT2D eigenvalue weighted by Crippen LogP contribution is 2.26. The monoisotopic (exact) mass is 169 g/mol.